The van der Waals surface area contributed by atoms with Gasteiger partial charge in [-0.05, 0) is 12.1 Å². The highest BCUT2D eigenvalue weighted by Gasteiger charge is 2.58. The van der Waals surface area contributed by atoms with E-state index < -0.39 is 31.1 Å². The van der Waals surface area contributed by atoms with E-state index in [2.05, 4.69) is 4.74 Å². The second-order valence-electron chi connectivity index (χ2n) is 3.47. The topological polar surface area (TPSA) is 35.2 Å². The summed E-state index contributed by atoms with van der Waals surface area (Å²) in [6.45, 7) is -0.528. The lowest BCUT2D eigenvalue weighted by Gasteiger charge is -2.27. The van der Waals surface area contributed by atoms with E-state index >= 15 is 0 Å². The molecule has 0 fully saturated rings. The van der Waals surface area contributed by atoms with Crippen LogP contribution in [0.25, 0.3) is 0 Å². The minimum Gasteiger partial charge on any atom is -0.351 e. The zero-order valence-electron chi connectivity index (χ0n) is 9.06. The van der Waals surface area contributed by atoms with Crippen LogP contribution in [0.4, 0.5) is 26.3 Å². The summed E-state index contributed by atoms with van der Waals surface area (Å²) in [6.07, 6.45) is -16.5. The molecule has 10 heteroatoms. The predicted octanol–water partition coefficient (Wildman–Crippen LogP) is 3.91. The quantitative estimate of drug-likeness (QED) is 0.851. The minimum atomic E-state index is -5.56. The SMILES string of the molecule is NCC(OC(C(F)(F)F)C(F)(F)F)c1ccc(Cl)s1. The molecule has 0 saturated carbocycles. The minimum absolute atomic E-state index is 0.103. The second kappa shape index (κ2) is 5.86. The Kier molecular flexibility index (Phi) is 5.10. The fourth-order valence-corrected chi connectivity index (χ4v) is 2.36. The van der Waals surface area contributed by atoms with E-state index in [0.717, 1.165) is 11.3 Å². The predicted molar refractivity (Wildman–Crippen MR) is 58.1 cm³/mol. The summed E-state index contributed by atoms with van der Waals surface area (Å²) in [5.41, 5.74) is 5.15. The lowest BCUT2D eigenvalue weighted by molar-refractivity contribution is -0.331. The summed E-state index contributed by atoms with van der Waals surface area (Å²) in [6, 6.07) is 2.61. The first kappa shape index (κ1) is 16.5. The molecule has 1 atom stereocenters. The highest BCUT2D eigenvalue weighted by molar-refractivity contribution is 7.16. The van der Waals surface area contributed by atoms with Gasteiger partial charge in [0.05, 0.1) is 4.34 Å². The summed E-state index contributed by atoms with van der Waals surface area (Å²) in [5.74, 6) is 0. The van der Waals surface area contributed by atoms with E-state index in [1.165, 1.54) is 12.1 Å². The van der Waals surface area contributed by atoms with Crippen molar-refractivity contribution < 1.29 is 31.1 Å². The lowest BCUT2D eigenvalue weighted by atomic mass is 10.2. The fourth-order valence-electron chi connectivity index (χ4n) is 1.24. The van der Waals surface area contributed by atoms with Gasteiger partial charge in [0, 0.05) is 11.4 Å². The highest BCUT2D eigenvalue weighted by atomic mass is 35.5. The summed E-state index contributed by atoms with van der Waals surface area (Å²) in [4.78, 5) is 0.103. The Labute approximate surface area is 113 Å². The number of nitrogens with two attached hydrogens (primary N) is 1. The zero-order valence-corrected chi connectivity index (χ0v) is 10.6. The van der Waals surface area contributed by atoms with Gasteiger partial charge in [0.15, 0.2) is 0 Å². The average molecular weight is 328 g/mol. The molecule has 0 aliphatic carbocycles. The molecule has 0 aromatic carbocycles. The van der Waals surface area contributed by atoms with Gasteiger partial charge in [0.1, 0.15) is 6.10 Å². The van der Waals surface area contributed by atoms with Crippen LogP contribution in [0.1, 0.15) is 11.0 Å². The summed E-state index contributed by atoms with van der Waals surface area (Å²) in [7, 11) is 0. The van der Waals surface area contributed by atoms with Crippen molar-refractivity contribution >= 4 is 22.9 Å². The number of halogens is 7. The molecule has 1 unspecified atom stereocenters. The molecule has 0 bridgehead atoms. The molecule has 1 aromatic rings. The number of hydrogen-bond acceptors (Lipinski definition) is 3. The van der Waals surface area contributed by atoms with Gasteiger partial charge in [-0.2, -0.15) is 26.3 Å². The molecule has 110 valence electrons. The van der Waals surface area contributed by atoms with Crippen molar-refractivity contribution in [3.8, 4) is 0 Å². The van der Waals surface area contributed by atoms with Gasteiger partial charge in [-0.25, -0.2) is 0 Å². The molecular weight excluding hydrogens is 320 g/mol. The molecule has 0 aliphatic heterocycles. The lowest BCUT2D eigenvalue weighted by Crippen LogP contribution is -2.45. The Morgan fingerprint density at radius 1 is 1.16 bits per heavy atom. The standard InChI is InChI=1S/C9H8ClF6NOS/c10-6-2-1-5(19-6)4(3-17)18-7(8(11,12)13)9(14,15)16/h1-2,4,7H,3,17H2. The van der Waals surface area contributed by atoms with Crippen molar-refractivity contribution in [3.05, 3.63) is 21.3 Å². The van der Waals surface area contributed by atoms with Gasteiger partial charge >= 0.3 is 12.4 Å². The molecule has 0 aliphatic rings. The van der Waals surface area contributed by atoms with E-state index in [-0.39, 0.29) is 9.21 Å². The van der Waals surface area contributed by atoms with Crippen molar-refractivity contribution in [3.63, 3.8) is 0 Å². The first-order valence-corrected chi connectivity index (χ1v) is 5.99. The van der Waals surface area contributed by atoms with E-state index in [9.17, 15) is 26.3 Å². The van der Waals surface area contributed by atoms with Gasteiger partial charge in [-0.15, -0.1) is 11.3 Å². The third-order valence-electron chi connectivity index (χ3n) is 2.02. The van der Waals surface area contributed by atoms with Crippen LogP contribution in [-0.2, 0) is 4.74 Å². The molecule has 0 saturated heterocycles. The summed E-state index contributed by atoms with van der Waals surface area (Å²) >= 11 is 6.36. The van der Waals surface area contributed by atoms with Crippen LogP contribution in [0.15, 0.2) is 12.1 Å². The smallest absolute Gasteiger partial charge is 0.351 e. The molecule has 2 N–H and O–H groups in total. The van der Waals surface area contributed by atoms with Crippen molar-refractivity contribution in [2.75, 3.05) is 6.54 Å². The Hall–Kier alpha value is -0.510. The summed E-state index contributed by atoms with van der Waals surface area (Å²) < 4.78 is 78.3. The molecule has 0 spiro atoms. The van der Waals surface area contributed by atoms with Gasteiger partial charge in [-0.3, -0.25) is 0 Å². The van der Waals surface area contributed by atoms with Crippen LogP contribution >= 0.6 is 22.9 Å². The van der Waals surface area contributed by atoms with Crippen molar-refractivity contribution in [2.45, 2.75) is 24.6 Å². The molecule has 2 nitrogen and oxygen atoms in total. The van der Waals surface area contributed by atoms with Crippen molar-refractivity contribution in [1.29, 1.82) is 0 Å². The van der Waals surface area contributed by atoms with Crippen LogP contribution < -0.4 is 5.73 Å². The molecule has 1 rings (SSSR count). The van der Waals surface area contributed by atoms with Crippen molar-refractivity contribution in [2.24, 2.45) is 5.73 Å². The van der Waals surface area contributed by atoms with Gasteiger partial charge < -0.3 is 10.5 Å². The third kappa shape index (κ3) is 4.51. The first-order valence-electron chi connectivity index (χ1n) is 4.80. The Morgan fingerprint density at radius 2 is 1.68 bits per heavy atom. The Morgan fingerprint density at radius 3 is 2.00 bits per heavy atom. The van der Waals surface area contributed by atoms with E-state index in [4.69, 9.17) is 17.3 Å². The highest BCUT2D eigenvalue weighted by Crippen LogP contribution is 2.39. The molecule has 1 heterocycles. The normalized spacial score (nSPS) is 15.0. The zero-order chi connectivity index (χ0) is 14.8. The fraction of sp³-hybridized carbons (Fsp3) is 0.556. The maximum atomic E-state index is 12.3. The maximum Gasteiger partial charge on any atom is 0.423 e. The monoisotopic (exact) mass is 327 g/mol. The van der Waals surface area contributed by atoms with Crippen LogP contribution in [0.2, 0.25) is 4.34 Å². The average Bonchev–Trinajstić information content (AvgIpc) is 2.62. The number of thiophene rings is 1. The van der Waals surface area contributed by atoms with Crippen LogP contribution in [0, 0.1) is 0 Å². The number of alkyl halides is 6. The summed E-state index contributed by atoms with van der Waals surface area (Å²) in [5, 5.41) is 0. The molecule has 0 radical (unpaired) electrons. The van der Waals surface area contributed by atoms with Gasteiger partial charge in [0.25, 0.3) is 0 Å². The van der Waals surface area contributed by atoms with Crippen LogP contribution in [0.3, 0.4) is 0 Å². The molecule has 0 amide bonds. The van der Waals surface area contributed by atoms with Gasteiger partial charge in [0.2, 0.25) is 6.10 Å². The van der Waals surface area contributed by atoms with E-state index in [0.29, 0.717) is 0 Å². The van der Waals surface area contributed by atoms with Crippen molar-refractivity contribution in [1.82, 2.24) is 0 Å². The second-order valence-corrected chi connectivity index (χ2v) is 5.21. The Balaban J connectivity index is 2.94. The number of ether oxygens (including phenoxy) is 1. The number of rotatable bonds is 4. The Bertz CT molecular complexity index is 404. The first-order chi connectivity index (χ1) is 8.55. The van der Waals surface area contributed by atoms with Gasteiger partial charge in [-0.1, -0.05) is 11.6 Å². The molecular formula is C9H8ClF6NOS. The largest absolute Gasteiger partial charge is 0.423 e. The van der Waals surface area contributed by atoms with Crippen LogP contribution in [-0.4, -0.2) is 25.0 Å². The third-order valence-corrected chi connectivity index (χ3v) is 3.34. The number of hydrogen-bond donors (Lipinski definition) is 1. The molecule has 19 heavy (non-hydrogen) atoms. The van der Waals surface area contributed by atoms with E-state index in [1.54, 1.807) is 0 Å². The van der Waals surface area contributed by atoms with Crippen LogP contribution in [0.5, 0.6) is 0 Å². The molecule has 1 aromatic heterocycles. The van der Waals surface area contributed by atoms with E-state index in [1.807, 2.05) is 0 Å². The maximum absolute atomic E-state index is 12.3.